The van der Waals surface area contributed by atoms with Crippen LogP contribution in [-0.4, -0.2) is 82.0 Å². The number of fused-ring (bicyclic) bond motifs is 1. The van der Waals surface area contributed by atoms with Gasteiger partial charge in [-0.15, -0.1) is 24.0 Å². The molecular formula is C19H30F2IN5O3. The Hall–Kier alpha value is -1.60. The summed E-state index contributed by atoms with van der Waals surface area (Å²) in [6, 6.07) is 3.42. The molecule has 1 aromatic carbocycles. The second-order valence-corrected chi connectivity index (χ2v) is 7.16. The Morgan fingerprint density at radius 2 is 1.97 bits per heavy atom. The zero-order valence-electron chi connectivity index (χ0n) is 17.5. The Morgan fingerprint density at radius 1 is 1.23 bits per heavy atom. The maximum atomic E-state index is 12.8. The Balaban J connectivity index is 0.00000320. The Morgan fingerprint density at radius 3 is 2.67 bits per heavy atom. The van der Waals surface area contributed by atoms with Gasteiger partial charge >= 0.3 is 6.61 Å². The lowest BCUT2D eigenvalue weighted by molar-refractivity contribution is -0.0505. The SMILES string of the molecule is CCNC(=NCc1cc2c(cc1OC(F)F)OCO2)NCC1CN(C)CCN1C.I. The Bertz CT molecular complexity index is 726. The molecule has 0 spiro atoms. The zero-order valence-corrected chi connectivity index (χ0v) is 19.8. The van der Waals surface area contributed by atoms with Crippen LogP contribution in [0.3, 0.4) is 0 Å². The summed E-state index contributed by atoms with van der Waals surface area (Å²) in [6.45, 7) is 3.73. The highest BCUT2D eigenvalue weighted by Crippen LogP contribution is 2.39. The molecule has 0 aliphatic carbocycles. The molecule has 0 saturated carbocycles. The van der Waals surface area contributed by atoms with Crippen LogP contribution in [0.2, 0.25) is 0 Å². The fourth-order valence-electron chi connectivity index (χ4n) is 3.34. The third kappa shape index (κ3) is 6.71. The molecule has 8 nitrogen and oxygen atoms in total. The summed E-state index contributed by atoms with van der Waals surface area (Å²) in [4.78, 5) is 9.17. The summed E-state index contributed by atoms with van der Waals surface area (Å²) in [6.07, 6.45) is 0. The number of hydrogen-bond donors (Lipinski definition) is 2. The van der Waals surface area contributed by atoms with Gasteiger partial charge < -0.3 is 29.7 Å². The van der Waals surface area contributed by atoms with E-state index in [1.807, 2.05) is 6.92 Å². The number of ether oxygens (including phenoxy) is 3. The average Bonchev–Trinajstić information content (AvgIpc) is 3.13. The van der Waals surface area contributed by atoms with Crippen LogP contribution in [-0.2, 0) is 6.54 Å². The predicted octanol–water partition coefficient (Wildman–Crippen LogP) is 1.94. The van der Waals surface area contributed by atoms with Gasteiger partial charge in [-0.25, -0.2) is 4.99 Å². The van der Waals surface area contributed by atoms with Crippen LogP contribution in [0.1, 0.15) is 12.5 Å². The largest absolute Gasteiger partial charge is 0.454 e. The van der Waals surface area contributed by atoms with Crippen LogP contribution in [0.4, 0.5) is 8.78 Å². The van der Waals surface area contributed by atoms with Crippen molar-refractivity contribution >= 4 is 29.9 Å². The van der Waals surface area contributed by atoms with E-state index in [4.69, 9.17) is 9.47 Å². The van der Waals surface area contributed by atoms with Gasteiger partial charge in [-0.05, 0) is 27.1 Å². The number of alkyl halides is 2. The molecule has 1 saturated heterocycles. The van der Waals surface area contributed by atoms with Gasteiger partial charge in [0.25, 0.3) is 0 Å². The molecule has 1 atom stereocenters. The van der Waals surface area contributed by atoms with Gasteiger partial charge in [0, 0.05) is 50.4 Å². The second kappa shape index (κ2) is 11.7. The first-order chi connectivity index (χ1) is 14.0. The van der Waals surface area contributed by atoms with Gasteiger partial charge in [0.2, 0.25) is 6.79 Å². The zero-order chi connectivity index (χ0) is 20.8. The van der Waals surface area contributed by atoms with E-state index in [1.54, 1.807) is 6.07 Å². The highest BCUT2D eigenvalue weighted by Gasteiger charge is 2.23. The van der Waals surface area contributed by atoms with Crippen molar-refractivity contribution < 1.29 is 23.0 Å². The van der Waals surface area contributed by atoms with Gasteiger partial charge in [-0.3, -0.25) is 4.90 Å². The number of rotatable bonds is 7. The smallest absolute Gasteiger partial charge is 0.387 e. The second-order valence-electron chi connectivity index (χ2n) is 7.16. The third-order valence-corrected chi connectivity index (χ3v) is 5.01. The highest BCUT2D eigenvalue weighted by molar-refractivity contribution is 14.0. The summed E-state index contributed by atoms with van der Waals surface area (Å²) in [5.41, 5.74) is 0.501. The minimum atomic E-state index is -2.93. The molecule has 2 heterocycles. The minimum absolute atomic E-state index is 0. The molecule has 1 fully saturated rings. The van der Waals surface area contributed by atoms with Crippen molar-refractivity contribution in [1.82, 2.24) is 20.4 Å². The summed E-state index contributed by atoms with van der Waals surface area (Å²) in [5.74, 6) is 1.55. The number of piperazine rings is 1. The fraction of sp³-hybridized carbons (Fsp3) is 0.632. The van der Waals surface area contributed by atoms with E-state index in [1.165, 1.54) is 6.07 Å². The number of nitrogens with zero attached hydrogens (tertiary/aromatic N) is 3. The summed E-state index contributed by atoms with van der Waals surface area (Å²) >= 11 is 0. The molecule has 0 radical (unpaired) electrons. The number of benzene rings is 1. The minimum Gasteiger partial charge on any atom is -0.454 e. The van der Waals surface area contributed by atoms with Crippen LogP contribution in [0.5, 0.6) is 17.2 Å². The third-order valence-electron chi connectivity index (χ3n) is 5.01. The van der Waals surface area contributed by atoms with Crippen molar-refractivity contribution in [2.75, 3.05) is 53.6 Å². The van der Waals surface area contributed by atoms with Crippen LogP contribution < -0.4 is 24.8 Å². The normalized spacial score (nSPS) is 19.5. The summed E-state index contributed by atoms with van der Waals surface area (Å²) in [5, 5.41) is 6.54. The first-order valence-corrected chi connectivity index (χ1v) is 9.74. The van der Waals surface area contributed by atoms with E-state index in [-0.39, 0.29) is 43.1 Å². The van der Waals surface area contributed by atoms with E-state index in [0.29, 0.717) is 35.6 Å². The average molecular weight is 541 g/mol. The molecule has 2 aliphatic rings. The Kier molecular flexibility index (Phi) is 9.62. The molecule has 0 bridgehead atoms. The van der Waals surface area contributed by atoms with Crippen LogP contribution in [0.15, 0.2) is 17.1 Å². The van der Waals surface area contributed by atoms with E-state index in [2.05, 4.69) is 44.3 Å². The van der Waals surface area contributed by atoms with Gasteiger partial charge in [0.15, 0.2) is 17.5 Å². The van der Waals surface area contributed by atoms with Crippen molar-refractivity contribution in [2.45, 2.75) is 26.1 Å². The van der Waals surface area contributed by atoms with E-state index >= 15 is 0 Å². The van der Waals surface area contributed by atoms with Gasteiger partial charge in [-0.2, -0.15) is 8.78 Å². The molecule has 0 aromatic heterocycles. The lowest BCUT2D eigenvalue weighted by Gasteiger charge is -2.37. The first-order valence-electron chi connectivity index (χ1n) is 9.74. The van der Waals surface area contributed by atoms with Crippen molar-refractivity contribution in [3.63, 3.8) is 0 Å². The highest BCUT2D eigenvalue weighted by atomic mass is 127. The molecule has 1 unspecified atom stereocenters. The van der Waals surface area contributed by atoms with Gasteiger partial charge in [0.05, 0.1) is 6.54 Å². The molecule has 11 heteroatoms. The molecule has 30 heavy (non-hydrogen) atoms. The first kappa shape index (κ1) is 24.7. The predicted molar refractivity (Wildman–Crippen MR) is 121 cm³/mol. The van der Waals surface area contributed by atoms with Crippen LogP contribution >= 0.6 is 24.0 Å². The van der Waals surface area contributed by atoms with Crippen molar-refractivity contribution in [3.05, 3.63) is 17.7 Å². The maximum Gasteiger partial charge on any atom is 0.387 e. The van der Waals surface area contributed by atoms with Crippen LogP contribution in [0.25, 0.3) is 0 Å². The number of aliphatic imine (C=N–C) groups is 1. The monoisotopic (exact) mass is 541 g/mol. The number of likely N-dealkylation sites (N-methyl/N-ethyl adjacent to an activating group) is 2. The topological polar surface area (TPSA) is 70.6 Å². The standard InChI is InChI=1S/C19H29F2N5O3.HI/c1-4-22-19(24-10-14-11-25(2)5-6-26(14)3)23-9-13-7-16-17(28-12-27-16)8-15(13)29-18(20)21;/h7-8,14,18H,4-6,9-12H2,1-3H3,(H2,22,23,24);1H. The lowest BCUT2D eigenvalue weighted by Crippen LogP contribution is -2.55. The maximum absolute atomic E-state index is 12.8. The van der Waals surface area contributed by atoms with Gasteiger partial charge in [0.1, 0.15) is 5.75 Å². The number of halogens is 3. The van der Waals surface area contributed by atoms with Crippen LogP contribution in [0, 0.1) is 0 Å². The molecule has 3 rings (SSSR count). The molecule has 2 aliphatic heterocycles. The fourth-order valence-corrected chi connectivity index (χ4v) is 3.34. The summed E-state index contributed by atoms with van der Waals surface area (Å²) in [7, 11) is 4.23. The van der Waals surface area contributed by atoms with Gasteiger partial charge in [-0.1, -0.05) is 0 Å². The lowest BCUT2D eigenvalue weighted by atomic mass is 10.1. The van der Waals surface area contributed by atoms with E-state index in [0.717, 1.165) is 26.2 Å². The molecule has 170 valence electrons. The number of guanidine groups is 1. The molecule has 2 N–H and O–H groups in total. The van der Waals surface area contributed by atoms with E-state index < -0.39 is 6.61 Å². The number of hydrogen-bond acceptors (Lipinski definition) is 6. The van der Waals surface area contributed by atoms with E-state index in [9.17, 15) is 8.78 Å². The molecule has 0 amide bonds. The molecule has 1 aromatic rings. The summed E-state index contributed by atoms with van der Waals surface area (Å²) < 4.78 is 40.9. The van der Waals surface area contributed by atoms with Crippen molar-refractivity contribution in [2.24, 2.45) is 4.99 Å². The number of nitrogens with one attached hydrogen (secondary N) is 2. The Labute approximate surface area is 192 Å². The molecular weight excluding hydrogens is 511 g/mol. The van der Waals surface area contributed by atoms with Crippen molar-refractivity contribution in [3.8, 4) is 17.2 Å². The quantitative estimate of drug-likeness (QED) is 0.311. The van der Waals surface area contributed by atoms with Crippen molar-refractivity contribution in [1.29, 1.82) is 0 Å².